The molecule has 0 aromatic heterocycles. The minimum Gasteiger partial charge on any atom is -0.298 e. The molecule has 0 bridgehead atoms. The lowest BCUT2D eigenvalue weighted by Crippen LogP contribution is -2.16. The maximum Gasteiger partial charge on any atom is 0.272 e. The molecule has 0 saturated carbocycles. The normalized spacial score (nSPS) is 14.2. The molecule has 0 heterocycles. The van der Waals surface area contributed by atoms with Gasteiger partial charge in [0.2, 0.25) is 0 Å². The van der Waals surface area contributed by atoms with Gasteiger partial charge in [-0.05, 0) is 5.92 Å². The average molecular weight is 194 g/mol. The summed E-state index contributed by atoms with van der Waals surface area (Å²) >= 11 is 0. The highest BCUT2D eigenvalue weighted by atomic mass is 32.2. The monoisotopic (exact) mass is 194 g/mol. The molecule has 0 aromatic rings. The quantitative estimate of drug-likeness (QED) is 0.659. The van der Waals surface area contributed by atoms with Gasteiger partial charge in [0.25, 0.3) is 10.1 Å². The highest BCUT2D eigenvalue weighted by Crippen LogP contribution is 2.07. The van der Waals surface area contributed by atoms with Crippen molar-refractivity contribution < 1.29 is 17.8 Å². The zero-order valence-electron chi connectivity index (χ0n) is 7.28. The first-order valence-corrected chi connectivity index (χ1v) is 5.43. The molecule has 0 spiro atoms. The lowest BCUT2D eigenvalue weighted by atomic mass is 10.0. The molecule has 5 heteroatoms. The van der Waals surface area contributed by atoms with Crippen LogP contribution in [0, 0.1) is 5.92 Å². The third kappa shape index (κ3) is 6.30. The molecule has 1 atom stereocenters. The smallest absolute Gasteiger partial charge is 0.272 e. The van der Waals surface area contributed by atoms with Crippen LogP contribution in [-0.4, -0.2) is 24.5 Å². The van der Waals surface area contributed by atoms with Crippen molar-refractivity contribution in [1.29, 1.82) is 0 Å². The van der Waals surface area contributed by atoms with E-state index in [1.165, 1.54) is 0 Å². The molecule has 0 aromatic carbocycles. The third-order valence-electron chi connectivity index (χ3n) is 1.62. The molecule has 0 amide bonds. The van der Waals surface area contributed by atoms with Crippen molar-refractivity contribution in [2.75, 3.05) is 5.75 Å². The van der Waals surface area contributed by atoms with Crippen molar-refractivity contribution in [2.45, 2.75) is 26.7 Å². The summed E-state index contributed by atoms with van der Waals surface area (Å²) in [6.45, 7) is 3.79. The lowest BCUT2D eigenvalue weighted by molar-refractivity contribution is -0.117. The van der Waals surface area contributed by atoms with Gasteiger partial charge in [0, 0.05) is 6.42 Å². The summed E-state index contributed by atoms with van der Waals surface area (Å²) in [5.74, 6) is -0.997. The van der Waals surface area contributed by atoms with E-state index >= 15 is 0 Å². The Morgan fingerprint density at radius 1 is 1.50 bits per heavy atom. The van der Waals surface area contributed by atoms with Gasteiger partial charge in [0.1, 0.15) is 5.75 Å². The van der Waals surface area contributed by atoms with Gasteiger partial charge in [0.05, 0.1) is 0 Å². The number of carbonyl (C=O) groups excluding carboxylic acids is 1. The molecule has 0 radical (unpaired) electrons. The van der Waals surface area contributed by atoms with E-state index in [9.17, 15) is 13.2 Å². The number of carbonyl (C=O) groups is 1. The van der Waals surface area contributed by atoms with Crippen LogP contribution < -0.4 is 0 Å². The molecule has 0 aliphatic carbocycles. The summed E-state index contributed by atoms with van der Waals surface area (Å²) in [7, 11) is -4.13. The summed E-state index contributed by atoms with van der Waals surface area (Å²) in [5.41, 5.74) is 0. The van der Waals surface area contributed by atoms with Gasteiger partial charge in [-0.3, -0.25) is 9.35 Å². The molecule has 0 fully saturated rings. The second-order valence-corrected chi connectivity index (χ2v) is 4.43. The fraction of sp³-hybridized carbons (Fsp3) is 0.857. The highest BCUT2D eigenvalue weighted by Gasteiger charge is 2.14. The molecule has 1 unspecified atom stereocenters. The van der Waals surface area contributed by atoms with Crippen molar-refractivity contribution in [3.8, 4) is 0 Å². The van der Waals surface area contributed by atoms with E-state index in [0.717, 1.165) is 6.42 Å². The van der Waals surface area contributed by atoms with Gasteiger partial charge in [-0.25, -0.2) is 0 Å². The standard InChI is InChI=1S/C7H14O4S/c1-3-6(2)4-7(8)5-12(9,10)11/h6H,3-5H2,1-2H3,(H,9,10,11). The summed E-state index contributed by atoms with van der Waals surface area (Å²) in [5, 5.41) is 0. The Bertz CT molecular complexity index is 242. The van der Waals surface area contributed by atoms with E-state index in [1.54, 1.807) is 0 Å². The molecule has 0 aliphatic heterocycles. The molecular formula is C7H14O4S. The minimum atomic E-state index is -4.13. The summed E-state index contributed by atoms with van der Waals surface area (Å²) in [6.07, 6.45) is 1.05. The van der Waals surface area contributed by atoms with Crippen LogP contribution in [-0.2, 0) is 14.9 Å². The topological polar surface area (TPSA) is 71.4 Å². The van der Waals surface area contributed by atoms with Gasteiger partial charge in [-0.2, -0.15) is 8.42 Å². The molecule has 0 aliphatic rings. The van der Waals surface area contributed by atoms with Gasteiger partial charge in [0.15, 0.2) is 5.78 Å². The Labute approximate surface area is 72.7 Å². The third-order valence-corrected chi connectivity index (χ3v) is 2.30. The zero-order chi connectivity index (χ0) is 9.78. The van der Waals surface area contributed by atoms with E-state index in [1.807, 2.05) is 13.8 Å². The first-order chi connectivity index (χ1) is 5.35. The fourth-order valence-corrected chi connectivity index (χ4v) is 1.32. The van der Waals surface area contributed by atoms with Gasteiger partial charge < -0.3 is 0 Å². The van der Waals surface area contributed by atoms with E-state index < -0.39 is 21.7 Å². The number of Topliss-reactive ketones (excluding diaryl/α,β-unsaturated/α-hetero) is 1. The predicted molar refractivity (Wildman–Crippen MR) is 45.5 cm³/mol. The number of hydrogen-bond donors (Lipinski definition) is 1. The van der Waals surface area contributed by atoms with E-state index in [-0.39, 0.29) is 12.3 Å². The van der Waals surface area contributed by atoms with Crippen LogP contribution in [0.1, 0.15) is 26.7 Å². The lowest BCUT2D eigenvalue weighted by Gasteiger charge is -2.04. The van der Waals surface area contributed by atoms with Crippen LogP contribution in [0.15, 0.2) is 0 Å². The van der Waals surface area contributed by atoms with E-state index in [2.05, 4.69) is 0 Å². The first kappa shape index (κ1) is 11.6. The predicted octanol–water partition coefficient (Wildman–Crippen LogP) is 0.879. The molecule has 0 rings (SSSR count). The Kier molecular flexibility index (Phi) is 4.41. The van der Waals surface area contributed by atoms with Crippen LogP contribution in [0.3, 0.4) is 0 Å². The van der Waals surface area contributed by atoms with Crippen LogP contribution in [0.4, 0.5) is 0 Å². The van der Waals surface area contributed by atoms with E-state index in [4.69, 9.17) is 4.55 Å². The Morgan fingerprint density at radius 2 is 2.00 bits per heavy atom. The Hall–Kier alpha value is -0.420. The summed E-state index contributed by atoms with van der Waals surface area (Å²) in [6, 6.07) is 0. The molecule has 0 saturated heterocycles. The second-order valence-electron chi connectivity index (χ2n) is 2.98. The second kappa shape index (κ2) is 4.57. The van der Waals surface area contributed by atoms with Crippen molar-refractivity contribution in [2.24, 2.45) is 5.92 Å². The fourth-order valence-electron chi connectivity index (χ4n) is 0.795. The molecule has 4 nitrogen and oxygen atoms in total. The maximum atomic E-state index is 10.9. The molecule has 72 valence electrons. The minimum absolute atomic E-state index is 0.180. The van der Waals surface area contributed by atoms with Crippen molar-refractivity contribution in [1.82, 2.24) is 0 Å². The van der Waals surface area contributed by atoms with Gasteiger partial charge in [-0.15, -0.1) is 0 Å². The van der Waals surface area contributed by atoms with Crippen molar-refractivity contribution in [3.05, 3.63) is 0 Å². The summed E-state index contributed by atoms with van der Waals surface area (Å²) in [4.78, 5) is 10.9. The van der Waals surface area contributed by atoms with E-state index in [0.29, 0.717) is 0 Å². The van der Waals surface area contributed by atoms with Crippen LogP contribution in [0.5, 0.6) is 0 Å². The van der Waals surface area contributed by atoms with Crippen molar-refractivity contribution in [3.63, 3.8) is 0 Å². The van der Waals surface area contributed by atoms with Crippen molar-refractivity contribution >= 4 is 15.9 Å². The number of ketones is 1. The number of hydrogen-bond acceptors (Lipinski definition) is 3. The average Bonchev–Trinajstić information content (AvgIpc) is 1.82. The molecular weight excluding hydrogens is 180 g/mol. The van der Waals surface area contributed by atoms with Gasteiger partial charge >= 0.3 is 0 Å². The Morgan fingerprint density at radius 3 is 2.33 bits per heavy atom. The van der Waals surface area contributed by atoms with Crippen LogP contribution >= 0.6 is 0 Å². The largest absolute Gasteiger partial charge is 0.298 e. The van der Waals surface area contributed by atoms with Gasteiger partial charge in [-0.1, -0.05) is 20.3 Å². The SMILES string of the molecule is CCC(C)CC(=O)CS(=O)(=O)O. The molecule has 1 N–H and O–H groups in total. The number of rotatable bonds is 5. The van der Waals surface area contributed by atoms with Crippen LogP contribution in [0.2, 0.25) is 0 Å². The highest BCUT2D eigenvalue weighted by molar-refractivity contribution is 7.86. The first-order valence-electron chi connectivity index (χ1n) is 3.82. The maximum absolute atomic E-state index is 10.9. The Balaban J connectivity index is 3.92. The summed E-state index contributed by atoms with van der Waals surface area (Å²) < 4.78 is 28.8. The van der Waals surface area contributed by atoms with Crippen LogP contribution in [0.25, 0.3) is 0 Å². The molecule has 12 heavy (non-hydrogen) atoms. The zero-order valence-corrected chi connectivity index (χ0v) is 8.10.